The Balaban J connectivity index is 2.04. The zero-order valence-corrected chi connectivity index (χ0v) is 14.1. The summed E-state index contributed by atoms with van der Waals surface area (Å²) in [7, 11) is 0. The van der Waals surface area contributed by atoms with Gasteiger partial charge in [0, 0.05) is 0 Å². The molecule has 1 N–H and O–H groups in total. The summed E-state index contributed by atoms with van der Waals surface area (Å²) in [6.45, 7) is 10.6. The van der Waals surface area contributed by atoms with Crippen molar-refractivity contribution < 1.29 is 0 Å². The van der Waals surface area contributed by atoms with E-state index in [1.165, 1.54) is 57.3 Å². The van der Waals surface area contributed by atoms with Crippen LogP contribution < -0.4 is 5.32 Å². The molecule has 0 aliphatic rings. The van der Waals surface area contributed by atoms with E-state index in [-0.39, 0.29) is 0 Å². The first-order valence-corrected chi connectivity index (χ1v) is 8.83. The molecule has 0 atom stereocenters. The van der Waals surface area contributed by atoms with Crippen LogP contribution in [0.5, 0.6) is 0 Å². The summed E-state index contributed by atoms with van der Waals surface area (Å²) in [4.78, 5) is 2.64. The zero-order chi connectivity index (χ0) is 15.2. The summed E-state index contributed by atoms with van der Waals surface area (Å²) in [5.74, 6) is 0. The van der Waals surface area contributed by atoms with Crippen molar-refractivity contribution in [1.82, 2.24) is 10.2 Å². The highest BCUT2D eigenvalue weighted by molar-refractivity contribution is 5.14. The SMILES string of the molecule is CCCCN(CCCC)CCCNCCc1ccccc1. The molecule has 0 saturated carbocycles. The van der Waals surface area contributed by atoms with Crippen LogP contribution in [0.15, 0.2) is 30.3 Å². The molecule has 2 nitrogen and oxygen atoms in total. The van der Waals surface area contributed by atoms with E-state index in [9.17, 15) is 0 Å². The Labute approximate surface area is 131 Å². The van der Waals surface area contributed by atoms with E-state index in [4.69, 9.17) is 0 Å². The van der Waals surface area contributed by atoms with Crippen molar-refractivity contribution in [1.29, 1.82) is 0 Å². The molecular weight excluding hydrogens is 256 g/mol. The minimum Gasteiger partial charge on any atom is -0.316 e. The standard InChI is InChI=1S/C19H34N2/c1-3-5-16-21(17-6-4-2)18-10-14-20-15-13-19-11-8-7-9-12-19/h7-9,11-12,20H,3-6,10,13-18H2,1-2H3. The lowest BCUT2D eigenvalue weighted by atomic mass is 10.1. The fourth-order valence-corrected chi connectivity index (χ4v) is 2.53. The maximum atomic E-state index is 3.57. The third-order valence-corrected chi connectivity index (χ3v) is 3.92. The molecule has 0 radical (unpaired) electrons. The van der Waals surface area contributed by atoms with Crippen molar-refractivity contribution in [3.8, 4) is 0 Å². The van der Waals surface area contributed by atoms with Gasteiger partial charge in [0.1, 0.15) is 0 Å². The molecule has 1 aromatic carbocycles. The third-order valence-electron chi connectivity index (χ3n) is 3.92. The largest absolute Gasteiger partial charge is 0.316 e. The van der Waals surface area contributed by atoms with Crippen LogP contribution in [0.3, 0.4) is 0 Å². The lowest BCUT2D eigenvalue weighted by Crippen LogP contribution is -2.30. The van der Waals surface area contributed by atoms with Crippen LogP contribution in [0.4, 0.5) is 0 Å². The van der Waals surface area contributed by atoms with Gasteiger partial charge in [-0.1, -0.05) is 57.0 Å². The normalized spacial score (nSPS) is 11.2. The Kier molecular flexibility index (Phi) is 11.1. The van der Waals surface area contributed by atoms with E-state index < -0.39 is 0 Å². The maximum absolute atomic E-state index is 3.57. The molecule has 120 valence electrons. The summed E-state index contributed by atoms with van der Waals surface area (Å²) < 4.78 is 0. The summed E-state index contributed by atoms with van der Waals surface area (Å²) >= 11 is 0. The van der Waals surface area contributed by atoms with E-state index in [0.29, 0.717) is 0 Å². The molecule has 0 aliphatic heterocycles. The summed E-state index contributed by atoms with van der Waals surface area (Å²) in [6, 6.07) is 10.7. The molecule has 1 rings (SSSR count). The number of unbranched alkanes of at least 4 members (excludes halogenated alkanes) is 2. The molecule has 1 aromatic rings. The zero-order valence-electron chi connectivity index (χ0n) is 14.1. The van der Waals surface area contributed by atoms with Crippen LogP contribution in [0.25, 0.3) is 0 Å². The molecule has 0 aromatic heterocycles. The van der Waals surface area contributed by atoms with Crippen molar-refractivity contribution in [2.75, 3.05) is 32.7 Å². The molecule has 0 fully saturated rings. The first kappa shape index (κ1) is 18.2. The molecule has 0 heterocycles. The number of nitrogens with one attached hydrogen (secondary N) is 1. The minimum atomic E-state index is 1.09. The Morgan fingerprint density at radius 2 is 1.43 bits per heavy atom. The van der Waals surface area contributed by atoms with Gasteiger partial charge in [0.05, 0.1) is 0 Å². The van der Waals surface area contributed by atoms with Crippen molar-refractivity contribution in [2.45, 2.75) is 52.4 Å². The second kappa shape index (κ2) is 12.8. The lowest BCUT2D eigenvalue weighted by molar-refractivity contribution is 0.261. The molecule has 0 unspecified atom stereocenters. The lowest BCUT2D eigenvalue weighted by Gasteiger charge is -2.21. The second-order valence-electron chi connectivity index (χ2n) is 5.89. The van der Waals surface area contributed by atoms with E-state index in [1.807, 2.05) is 0 Å². The predicted molar refractivity (Wildman–Crippen MR) is 93.9 cm³/mol. The van der Waals surface area contributed by atoms with Gasteiger partial charge in [0.2, 0.25) is 0 Å². The monoisotopic (exact) mass is 290 g/mol. The predicted octanol–water partition coefficient (Wildman–Crippen LogP) is 4.11. The van der Waals surface area contributed by atoms with Gasteiger partial charge in [-0.25, -0.2) is 0 Å². The van der Waals surface area contributed by atoms with E-state index in [1.54, 1.807) is 0 Å². The van der Waals surface area contributed by atoms with Gasteiger partial charge >= 0.3 is 0 Å². The molecule has 21 heavy (non-hydrogen) atoms. The van der Waals surface area contributed by atoms with Crippen LogP contribution in [-0.4, -0.2) is 37.6 Å². The van der Waals surface area contributed by atoms with Gasteiger partial charge in [-0.3, -0.25) is 0 Å². The van der Waals surface area contributed by atoms with E-state index in [0.717, 1.165) is 19.5 Å². The van der Waals surface area contributed by atoms with Gasteiger partial charge in [-0.2, -0.15) is 0 Å². The minimum absolute atomic E-state index is 1.09. The smallest absolute Gasteiger partial charge is 0.000664 e. The van der Waals surface area contributed by atoms with Crippen LogP contribution in [-0.2, 0) is 6.42 Å². The fourth-order valence-electron chi connectivity index (χ4n) is 2.53. The topological polar surface area (TPSA) is 15.3 Å². The highest BCUT2D eigenvalue weighted by atomic mass is 15.1. The number of hydrogen-bond donors (Lipinski definition) is 1. The summed E-state index contributed by atoms with van der Waals surface area (Å²) in [5.41, 5.74) is 1.43. The molecule has 0 bridgehead atoms. The van der Waals surface area contributed by atoms with Gasteiger partial charge < -0.3 is 10.2 Å². The number of rotatable bonds is 13. The van der Waals surface area contributed by atoms with Crippen molar-refractivity contribution in [3.05, 3.63) is 35.9 Å². The summed E-state index contributed by atoms with van der Waals surface area (Å²) in [6.07, 6.45) is 7.69. The Morgan fingerprint density at radius 1 is 0.810 bits per heavy atom. The first-order valence-electron chi connectivity index (χ1n) is 8.83. The highest BCUT2D eigenvalue weighted by Gasteiger charge is 2.03. The van der Waals surface area contributed by atoms with Gasteiger partial charge in [-0.15, -0.1) is 0 Å². The van der Waals surface area contributed by atoms with Crippen molar-refractivity contribution in [2.24, 2.45) is 0 Å². The third kappa shape index (κ3) is 9.65. The number of benzene rings is 1. The van der Waals surface area contributed by atoms with E-state index >= 15 is 0 Å². The van der Waals surface area contributed by atoms with Crippen LogP contribution in [0.1, 0.15) is 51.5 Å². The quantitative estimate of drug-likeness (QED) is 0.550. The first-order chi connectivity index (χ1) is 10.4. The Bertz CT molecular complexity index is 316. The van der Waals surface area contributed by atoms with Gasteiger partial charge in [0.25, 0.3) is 0 Å². The molecule has 0 saturated heterocycles. The molecule has 2 heteroatoms. The van der Waals surface area contributed by atoms with Crippen molar-refractivity contribution >= 4 is 0 Å². The Hall–Kier alpha value is -0.860. The molecular formula is C19H34N2. The number of hydrogen-bond acceptors (Lipinski definition) is 2. The second-order valence-corrected chi connectivity index (χ2v) is 5.89. The molecule has 0 spiro atoms. The van der Waals surface area contributed by atoms with E-state index in [2.05, 4.69) is 54.4 Å². The highest BCUT2D eigenvalue weighted by Crippen LogP contribution is 2.01. The Morgan fingerprint density at radius 3 is 2.05 bits per heavy atom. The van der Waals surface area contributed by atoms with Gasteiger partial charge in [0.15, 0.2) is 0 Å². The van der Waals surface area contributed by atoms with Crippen LogP contribution in [0, 0.1) is 0 Å². The molecule has 0 amide bonds. The average molecular weight is 290 g/mol. The maximum Gasteiger partial charge on any atom is -0.000664 e. The summed E-state index contributed by atoms with van der Waals surface area (Å²) in [5, 5.41) is 3.57. The molecule has 0 aliphatic carbocycles. The fraction of sp³-hybridized carbons (Fsp3) is 0.684. The van der Waals surface area contributed by atoms with Gasteiger partial charge in [-0.05, 0) is 64.0 Å². The van der Waals surface area contributed by atoms with Crippen molar-refractivity contribution in [3.63, 3.8) is 0 Å². The van der Waals surface area contributed by atoms with Crippen LogP contribution >= 0.6 is 0 Å². The van der Waals surface area contributed by atoms with Crippen LogP contribution in [0.2, 0.25) is 0 Å². The number of nitrogens with zero attached hydrogens (tertiary/aromatic N) is 1. The average Bonchev–Trinajstić information content (AvgIpc) is 2.53.